The molecule has 0 aliphatic heterocycles. The Labute approximate surface area is 159 Å². The minimum absolute atomic E-state index is 0.934. The van der Waals surface area contributed by atoms with Gasteiger partial charge >= 0.3 is 0 Å². The molecule has 0 amide bonds. The highest BCUT2D eigenvalue weighted by Gasteiger charge is 2.23. The van der Waals surface area contributed by atoms with Crippen molar-refractivity contribution in [2.45, 2.75) is 89.9 Å². The smallest absolute Gasteiger partial charge is 0.0114 e. The summed E-state index contributed by atoms with van der Waals surface area (Å²) < 4.78 is 0. The lowest BCUT2D eigenvalue weighted by molar-refractivity contribution is 0.356. The molecule has 0 nitrogen and oxygen atoms in total. The van der Waals surface area contributed by atoms with Crippen LogP contribution in [-0.2, 0) is 25.7 Å². The fourth-order valence-electron chi connectivity index (χ4n) is 6.23. The fraction of sp³-hybridized carbons (Fsp3) is 0.615. The van der Waals surface area contributed by atoms with E-state index in [0.717, 1.165) is 11.8 Å². The van der Waals surface area contributed by atoms with Crippen molar-refractivity contribution in [2.24, 2.45) is 11.8 Å². The van der Waals surface area contributed by atoms with Gasteiger partial charge in [-0.25, -0.2) is 0 Å². The highest BCUT2D eigenvalue weighted by molar-refractivity contribution is 5.94. The van der Waals surface area contributed by atoms with E-state index in [0.29, 0.717) is 0 Å². The zero-order valence-electron chi connectivity index (χ0n) is 16.4. The molecule has 5 rings (SSSR count). The van der Waals surface area contributed by atoms with Gasteiger partial charge in [-0.05, 0) is 70.5 Å². The van der Waals surface area contributed by atoms with Crippen LogP contribution in [0.5, 0.6) is 0 Å². The molecule has 0 heterocycles. The van der Waals surface area contributed by atoms with E-state index in [-0.39, 0.29) is 0 Å². The molecule has 0 bridgehead atoms. The lowest BCUT2D eigenvalue weighted by Gasteiger charge is -2.24. The van der Waals surface area contributed by atoms with Crippen molar-refractivity contribution in [1.82, 2.24) is 0 Å². The van der Waals surface area contributed by atoms with Crippen LogP contribution in [0.1, 0.15) is 86.5 Å². The molecule has 2 aromatic carbocycles. The average Bonchev–Trinajstić information content (AvgIpc) is 3.13. The van der Waals surface area contributed by atoms with Gasteiger partial charge < -0.3 is 0 Å². The van der Waals surface area contributed by atoms with Gasteiger partial charge in [0.05, 0.1) is 0 Å². The molecule has 2 aromatic rings. The van der Waals surface area contributed by atoms with Crippen LogP contribution in [0.2, 0.25) is 0 Å². The van der Waals surface area contributed by atoms with Crippen molar-refractivity contribution in [3.05, 3.63) is 46.5 Å². The average molecular weight is 347 g/mol. The summed E-state index contributed by atoms with van der Waals surface area (Å²) in [6.45, 7) is 0. The van der Waals surface area contributed by atoms with Gasteiger partial charge in [-0.15, -0.1) is 0 Å². The van der Waals surface area contributed by atoms with Crippen LogP contribution in [0.15, 0.2) is 24.3 Å². The highest BCUT2D eigenvalue weighted by atomic mass is 14.3. The summed E-state index contributed by atoms with van der Waals surface area (Å²) in [6, 6.07) is 9.97. The molecule has 138 valence electrons. The van der Waals surface area contributed by atoms with Crippen LogP contribution in [0.4, 0.5) is 0 Å². The maximum absolute atomic E-state index is 2.52. The molecular formula is C26H34. The molecule has 3 aliphatic rings. The second-order valence-corrected chi connectivity index (χ2v) is 9.43. The molecule has 26 heavy (non-hydrogen) atoms. The third-order valence-corrected chi connectivity index (χ3v) is 7.67. The number of aryl methyl sites for hydroxylation is 2. The van der Waals surface area contributed by atoms with Crippen LogP contribution in [0.3, 0.4) is 0 Å². The molecule has 0 radical (unpaired) electrons. The van der Waals surface area contributed by atoms with Crippen LogP contribution in [0, 0.1) is 11.8 Å². The van der Waals surface area contributed by atoms with Crippen molar-refractivity contribution < 1.29 is 0 Å². The largest absolute Gasteiger partial charge is 0.0581 e. The van der Waals surface area contributed by atoms with Gasteiger partial charge in [-0.2, -0.15) is 0 Å². The van der Waals surface area contributed by atoms with Gasteiger partial charge in [0.2, 0.25) is 0 Å². The van der Waals surface area contributed by atoms with Crippen LogP contribution < -0.4 is 0 Å². The van der Waals surface area contributed by atoms with E-state index in [1.165, 1.54) is 89.9 Å². The third kappa shape index (κ3) is 3.21. The molecule has 3 aliphatic carbocycles. The molecule has 2 fully saturated rings. The zero-order valence-corrected chi connectivity index (χ0v) is 16.4. The van der Waals surface area contributed by atoms with Gasteiger partial charge in [0.1, 0.15) is 0 Å². The first-order valence-corrected chi connectivity index (χ1v) is 11.4. The van der Waals surface area contributed by atoms with E-state index in [4.69, 9.17) is 0 Å². The molecule has 0 saturated heterocycles. The van der Waals surface area contributed by atoms with Crippen LogP contribution >= 0.6 is 0 Å². The van der Waals surface area contributed by atoms with Crippen molar-refractivity contribution in [3.63, 3.8) is 0 Å². The Balaban J connectivity index is 1.46. The lowest BCUT2D eigenvalue weighted by atomic mass is 9.81. The zero-order chi connectivity index (χ0) is 17.3. The van der Waals surface area contributed by atoms with E-state index in [1.807, 2.05) is 0 Å². The Morgan fingerprint density at radius 2 is 1.23 bits per heavy atom. The Morgan fingerprint density at radius 1 is 0.615 bits per heavy atom. The summed E-state index contributed by atoms with van der Waals surface area (Å²) >= 11 is 0. The molecule has 0 heteroatoms. The standard InChI is InChI=1S/C26H34/c1-3-7-19(8-4-1)17-22-12-11-21-13-15-24-23(14-16-25(22)26(21)24)18-20-9-5-2-6-10-20/h11-12,14,16,19-20H,1-10,13,15,17-18H2. The number of benzene rings is 2. The normalized spacial score (nSPS) is 21.5. The highest BCUT2D eigenvalue weighted by Crippen LogP contribution is 2.39. The number of rotatable bonds is 4. The van der Waals surface area contributed by atoms with E-state index in [1.54, 1.807) is 33.0 Å². The van der Waals surface area contributed by atoms with E-state index < -0.39 is 0 Å². The minimum atomic E-state index is 0.934. The molecular weight excluding hydrogens is 312 g/mol. The molecule has 2 saturated carbocycles. The van der Waals surface area contributed by atoms with Crippen molar-refractivity contribution in [2.75, 3.05) is 0 Å². The summed E-state index contributed by atoms with van der Waals surface area (Å²) in [5.41, 5.74) is 6.70. The van der Waals surface area contributed by atoms with E-state index in [2.05, 4.69) is 24.3 Å². The second-order valence-electron chi connectivity index (χ2n) is 9.43. The second kappa shape index (κ2) is 7.37. The van der Waals surface area contributed by atoms with Crippen molar-refractivity contribution in [1.29, 1.82) is 0 Å². The van der Waals surface area contributed by atoms with E-state index >= 15 is 0 Å². The Hall–Kier alpha value is -1.30. The summed E-state index contributed by atoms with van der Waals surface area (Å²) in [4.78, 5) is 0. The lowest BCUT2D eigenvalue weighted by Crippen LogP contribution is -2.11. The van der Waals surface area contributed by atoms with Gasteiger partial charge in [-0.3, -0.25) is 0 Å². The molecule has 0 aromatic heterocycles. The van der Waals surface area contributed by atoms with E-state index in [9.17, 15) is 0 Å². The molecule has 0 atom stereocenters. The fourth-order valence-corrected chi connectivity index (χ4v) is 6.23. The maximum Gasteiger partial charge on any atom is -0.0114 e. The summed E-state index contributed by atoms with van der Waals surface area (Å²) in [6.07, 6.45) is 19.8. The Bertz CT molecular complexity index is 772. The first-order valence-electron chi connectivity index (χ1n) is 11.4. The monoisotopic (exact) mass is 346 g/mol. The molecule has 0 unspecified atom stereocenters. The Kier molecular flexibility index (Phi) is 4.78. The number of hydrogen-bond donors (Lipinski definition) is 0. The predicted molar refractivity (Wildman–Crippen MR) is 112 cm³/mol. The van der Waals surface area contributed by atoms with Crippen molar-refractivity contribution in [3.8, 4) is 0 Å². The summed E-state index contributed by atoms with van der Waals surface area (Å²) in [5, 5.41) is 3.28. The Morgan fingerprint density at radius 3 is 1.92 bits per heavy atom. The number of hydrogen-bond acceptors (Lipinski definition) is 0. The van der Waals surface area contributed by atoms with Gasteiger partial charge in [0, 0.05) is 0 Å². The quantitative estimate of drug-likeness (QED) is 0.550. The first-order chi connectivity index (χ1) is 12.9. The van der Waals surface area contributed by atoms with Gasteiger partial charge in [-0.1, -0.05) is 88.5 Å². The summed E-state index contributed by atoms with van der Waals surface area (Å²) in [7, 11) is 0. The molecule has 0 spiro atoms. The SMILES string of the molecule is c1cc2c(CC3CCCCC3)ccc3c2c(c1CC1CCCCC1)CC3. The summed E-state index contributed by atoms with van der Waals surface area (Å²) in [5.74, 6) is 1.89. The topological polar surface area (TPSA) is 0 Å². The predicted octanol–water partition coefficient (Wildman–Crippen LogP) is 7.18. The van der Waals surface area contributed by atoms with Gasteiger partial charge in [0.25, 0.3) is 0 Å². The third-order valence-electron chi connectivity index (χ3n) is 7.67. The van der Waals surface area contributed by atoms with Gasteiger partial charge in [0.15, 0.2) is 0 Å². The first kappa shape index (κ1) is 16.8. The van der Waals surface area contributed by atoms with Crippen molar-refractivity contribution >= 4 is 10.8 Å². The minimum Gasteiger partial charge on any atom is -0.0581 e. The van der Waals surface area contributed by atoms with Crippen LogP contribution in [-0.4, -0.2) is 0 Å². The van der Waals surface area contributed by atoms with Crippen LogP contribution in [0.25, 0.3) is 10.8 Å². The molecule has 0 N–H and O–H groups in total. The maximum atomic E-state index is 2.52.